The summed E-state index contributed by atoms with van der Waals surface area (Å²) in [7, 11) is 1.63. The molecule has 0 spiro atoms. The van der Waals surface area contributed by atoms with Gasteiger partial charge in [-0.05, 0) is 31.5 Å². The number of nitrogens with zero attached hydrogens (tertiary/aromatic N) is 2. The molecule has 0 aliphatic carbocycles. The molecule has 2 heterocycles. The number of ether oxygens (including phenoxy) is 1. The quantitative estimate of drug-likeness (QED) is 0.648. The predicted molar refractivity (Wildman–Crippen MR) is 108 cm³/mol. The van der Waals surface area contributed by atoms with Gasteiger partial charge in [-0.2, -0.15) is 0 Å². The monoisotopic (exact) mass is 377 g/mol. The molecule has 1 saturated heterocycles. The zero-order valence-corrected chi connectivity index (χ0v) is 16.1. The number of carbonyl (C=O) groups is 1. The predicted octanol–water partition coefficient (Wildman–Crippen LogP) is 2.80. The molecule has 7 nitrogen and oxygen atoms in total. The molecule has 1 aromatic heterocycles. The van der Waals surface area contributed by atoms with E-state index in [0.29, 0.717) is 12.4 Å². The smallest absolute Gasteiger partial charge is 0.226 e. The van der Waals surface area contributed by atoms with E-state index in [-0.39, 0.29) is 11.9 Å². The topological polar surface area (TPSA) is 88.2 Å². The van der Waals surface area contributed by atoms with Gasteiger partial charge in [-0.3, -0.25) is 10.1 Å². The molecule has 0 bridgehead atoms. The third-order valence-electron chi connectivity index (χ3n) is 4.89. The number of fused-ring (bicyclic) bond motifs is 1. The fourth-order valence-electron chi connectivity index (χ4n) is 3.53. The summed E-state index contributed by atoms with van der Waals surface area (Å²) in [5.74, 6) is 1.16. The first-order chi connectivity index (χ1) is 13.5. The van der Waals surface area contributed by atoms with Gasteiger partial charge in [0.25, 0.3) is 0 Å². The Labute approximate surface area is 163 Å². The van der Waals surface area contributed by atoms with Crippen molar-refractivity contribution in [2.45, 2.75) is 32.6 Å². The largest absolute Gasteiger partial charge is 0.496 e. The van der Waals surface area contributed by atoms with Crippen LogP contribution in [0.15, 0.2) is 42.5 Å². The summed E-state index contributed by atoms with van der Waals surface area (Å²) in [6.07, 6.45) is -0.159. The summed E-state index contributed by atoms with van der Waals surface area (Å²) in [5.41, 5.74) is 3.84. The van der Waals surface area contributed by atoms with Crippen LogP contribution in [0.2, 0.25) is 0 Å². The van der Waals surface area contributed by atoms with Crippen molar-refractivity contribution < 1.29 is 9.53 Å². The molecule has 2 atom stereocenters. The number of hydrogen-bond acceptors (Lipinski definition) is 6. The van der Waals surface area contributed by atoms with Crippen molar-refractivity contribution >= 4 is 22.8 Å². The van der Waals surface area contributed by atoms with Crippen molar-refractivity contribution in [1.82, 2.24) is 20.6 Å². The Morgan fingerprint density at radius 3 is 2.79 bits per heavy atom. The van der Waals surface area contributed by atoms with Crippen LogP contribution < -0.4 is 20.7 Å². The lowest BCUT2D eigenvalue weighted by Crippen LogP contribution is -2.57. The second-order valence-corrected chi connectivity index (χ2v) is 6.96. The van der Waals surface area contributed by atoms with Gasteiger partial charge < -0.3 is 15.4 Å². The second-order valence-electron chi connectivity index (χ2n) is 6.96. The molecular formula is C21H23N5O2. The lowest BCUT2D eigenvalue weighted by Gasteiger charge is -2.32. The number of para-hydroxylation sites is 1. The summed E-state index contributed by atoms with van der Waals surface area (Å²) >= 11 is 0. The van der Waals surface area contributed by atoms with Gasteiger partial charge in [-0.1, -0.05) is 30.3 Å². The van der Waals surface area contributed by atoms with Gasteiger partial charge in [0.05, 0.1) is 18.3 Å². The minimum atomic E-state index is -0.488. The van der Waals surface area contributed by atoms with E-state index in [1.165, 1.54) is 0 Å². The van der Waals surface area contributed by atoms with Gasteiger partial charge in [0.15, 0.2) is 6.29 Å². The van der Waals surface area contributed by atoms with Gasteiger partial charge in [-0.15, -0.1) is 0 Å². The molecule has 1 aliphatic rings. The summed E-state index contributed by atoms with van der Waals surface area (Å²) in [6, 6.07) is 13.6. The lowest BCUT2D eigenvalue weighted by molar-refractivity contribution is -0.124. The van der Waals surface area contributed by atoms with E-state index >= 15 is 0 Å². The van der Waals surface area contributed by atoms with Crippen LogP contribution in [-0.4, -0.2) is 29.3 Å². The number of rotatable bonds is 4. The van der Waals surface area contributed by atoms with E-state index < -0.39 is 6.29 Å². The van der Waals surface area contributed by atoms with Crippen LogP contribution in [0.25, 0.3) is 10.9 Å². The molecule has 3 aromatic rings. The number of nitrogens with one attached hydrogen (secondary N) is 3. The summed E-state index contributed by atoms with van der Waals surface area (Å²) in [6.45, 7) is 3.99. The zero-order chi connectivity index (χ0) is 19.7. The molecule has 0 saturated carbocycles. The highest BCUT2D eigenvalue weighted by Gasteiger charge is 2.29. The molecule has 1 amide bonds. The minimum absolute atomic E-state index is 0.0551. The SMILES string of the molecule is COc1ccccc1C1CC(=O)NC(Nc2nc(C)c3ccc(C)cc3n2)N1. The Hall–Kier alpha value is -3.19. The van der Waals surface area contributed by atoms with Crippen molar-refractivity contribution in [3.63, 3.8) is 0 Å². The first-order valence-corrected chi connectivity index (χ1v) is 9.23. The van der Waals surface area contributed by atoms with Crippen molar-refractivity contribution in [3.8, 4) is 5.75 Å². The maximum Gasteiger partial charge on any atom is 0.226 e. The van der Waals surface area contributed by atoms with E-state index in [0.717, 1.165) is 33.5 Å². The first kappa shape index (κ1) is 18.2. The number of amides is 1. The van der Waals surface area contributed by atoms with Crippen molar-refractivity contribution in [3.05, 3.63) is 59.3 Å². The third kappa shape index (κ3) is 3.61. The van der Waals surface area contributed by atoms with Gasteiger partial charge in [0.2, 0.25) is 11.9 Å². The van der Waals surface area contributed by atoms with Gasteiger partial charge >= 0.3 is 0 Å². The molecule has 7 heteroatoms. The van der Waals surface area contributed by atoms with E-state index in [4.69, 9.17) is 4.74 Å². The number of carbonyl (C=O) groups excluding carboxylic acids is 1. The summed E-state index contributed by atoms with van der Waals surface area (Å²) < 4.78 is 5.45. The van der Waals surface area contributed by atoms with Crippen LogP contribution in [0, 0.1) is 13.8 Å². The number of hydrogen-bond donors (Lipinski definition) is 3. The summed E-state index contributed by atoms with van der Waals surface area (Å²) in [4.78, 5) is 21.5. The first-order valence-electron chi connectivity index (χ1n) is 9.23. The van der Waals surface area contributed by atoms with E-state index in [1.54, 1.807) is 7.11 Å². The Morgan fingerprint density at radius 1 is 1.14 bits per heavy atom. The molecule has 3 N–H and O–H groups in total. The molecule has 28 heavy (non-hydrogen) atoms. The van der Waals surface area contributed by atoms with Crippen LogP contribution in [0.3, 0.4) is 0 Å². The lowest BCUT2D eigenvalue weighted by atomic mass is 10.0. The van der Waals surface area contributed by atoms with E-state index in [1.807, 2.05) is 56.3 Å². The molecule has 1 aliphatic heterocycles. The van der Waals surface area contributed by atoms with Crippen LogP contribution in [0.4, 0.5) is 5.95 Å². The number of anilines is 1. The van der Waals surface area contributed by atoms with Crippen LogP contribution in [-0.2, 0) is 4.79 Å². The van der Waals surface area contributed by atoms with E-state index in [2.05, 4.69) is 25.9 Å². The van der Waals surface area contributed by atoms with E-state index in [9.17, 15) is 4.79 Å². The minimum Gasteiger partial charge on any atom is -0.496 e. The molecule has 2 aromatic carbocycles. The standard InChI is InChI=1S/C21H23N5O2/c1-12-8-9-14-13(2)22-20(23-16(14)10-12)26-21-24-17(11-19(27)25-21)15-6-4-5-7-18(15)28-3/h4-10,17,21,24H,11H2,1-3H3,(H,25,27)(H,22,23,26). The molecule has 2 unspecified atom stereocenters. The average molecular weight is 377 g/mol. The highest BCUT2D eigenvalue weighted by molar-refractivity contribution is 5.82. The Morgan fingerprint density at radius 2 is 1.96 bits per heavy atom. The highest BCUT2D eigenvalue weighted by Crippen LogP contribution is 2.29. The maximum absolute atomic E-state index is 12.3. The number of benzene rings is 2. The Balaban J connectivity index is 1.59. The van der Waals surface area contributed by atoms with Crippen molar-refractivity contribution in [2.24, 2.45) is 0 Å². The number of methoxy groups -OCH3 is 1. The van der Waals surface area contributed by atoms with Gasteiger partial charge in [-0.25, -0.2) is 9.97 Å². The Kier molecular flexibility index (Phi) is 4.83. The molecule has 144 valence electrons. The molecular weight excluding hydrogens is 354 g/mol. The van der Waals surface area contributed by atoms with Crippen molar-refractivity contribution in [2.75, 3.05) is 12.4 Å². The fourth-order valence-corrected chi connectivity index (χ4v) is 3.53. The molecule has 0 radical (unpaired) electrons. The van der Waals surface area contributed by atoms with Gasteiger partial charge in [0, 0.05) is 23.4 Å². The molecule has 1 fully saturated rings. The van der Waals surface area contributed by atoms with Crippen molar-refractivity contribution in [1.29, 1.82) is 0 Å². The summed E-state index contributed by atoms with van der Waals surface area (Å²) in [5, 5.41) is 10.5. The Bertz CT molecular complexity index is 1040. The second kappa shape index (κ2) is 7.44. The average Bonchev–Trinajstić information content (AvgIpc) is 2.67. The molecule has 4 rings (SSSR count). The highest BCUT2D eigenvalue weighted by atomic mass is 16.5. The van der Waals surface area contributed by atoms with Gasteiger partial charge in [0.1, 0.15) is 5.75 Å². The fraction of sp³-hybridized carbons (Fsp3) is 0.286. The number of aryl methyl sites for hydroxylation is 2. The van der Waals surface area contributed by atoms with Crippen LogP contribution >= 0.6 is 0 Å². The zero-order valence-electron chi connectivity index (χ0n) is 16.1. The normalized spacial score (nSPS) is 19.3. The third-order valence-corrected chi connectivity index (χ3v) is 4.89. The van der Waals surface area contributed by atoms with Crippen LogP contribution in [0.1, 0.15) is 29.3 Å². The number of aromatic nitrogens is 2. The maximum atomic E-state index is 12.3. The van der Waals surface area contributed by atoms with Crippen LogP contribution in [0.5, 0.6) is 5.75 Å².